The number of nitrogens with two attached hydrogens (primary N) is 1. The fraction of sp³-hybridized carbons (Fsp3) is 0.794. The molecule has 264 valence electrons. The van der Waals surface area contributed by atoms with E-state index in [1.807, 2.05) is 55.4 Å². The third-order valence-corrected chi connectivity index (χ3v) is 10.0. The first-order valence-corrected chi connectivity index (χ1v) is 17.1. The third kappa shape index (κ3) is 9.53. The molecule has 0 spiro atoms. The van der Waals surface area contributed by atoms with Crippen molar-refractivity contribution in [2.45, 2.75) is 131 Å². The molecule has 0 aromatic rings. The molecule has 5 N–H and O–H groups in total. The molecule has 2 heterocycles. The number of nitrogens with one attached hydrogen (secondary N) is 3. The van der Waals surface area contributed by atoms with E-state index in [1.165, 1.54) is 9.80 Å². The van der Waals surface area contributed by atoms with E-state index in [9.17, 15) is 33.6 Å². The second kappa shape index (κ2) is 15.1. The van der Waals surface area contributed by atoms with Crippen LogP contribution in [-0.2, 0) is 28.8 Å². The topological polar surface area (TPSA) is 188 Å². The number of nitrogens with zero attached hydrogens (tertiary/aromatic N) is 2. The van der Waals surface area contributed by atoms with Crippen LogP contribution < -0.4 is 21.7 Å². The average Bonchev–Trinajstić information content (AvgIpc) is 3.38. The van der Waals surface area contributed by atoms with E-state index in [2.05, 4.69) is 16.0 Å². The van der Waals surface area contributed by atoms with Gasteiger partial charge in [-0.1, -0.05) is 74.7 Å². The number of rotatable bonds is 12. The molecule has 0 radical (unpaired) electrons. The van der Waals surface area contributed by atoms with Crippen LogP contribution in [0.15, 0.2) is 0 Å². The van der Waals surface area contributed by atoms with E-state index in [0.29, 0.717) is 19.3 Å². The van der Waals surface area contributed by atoms with Gasteiger partial charge in [0.1, 0.15) is 12.1 Å². The molecule has 5 atom stereocenters. The molecule has 3 fully saturated rings. The van der Waals surface area contributed by atoms with Gasteiger partial charge in [0.25, 0.3) is 5.91 Å². The zero-order valence-electron chi connectivity index (χ0n) is 29.4. The van der Waals surface area contributed by atoms with Crippen LogP contribution in [0.25, 0.3) is 0 Å². The maximum Gasteiger partial charge on any atom is 0.315 e. The predicted octanol–water partition coefficient (Wildman–Crippen LogP) is 2.26. The molecule has 3 rings (SSSR count). The summed E-state index contributed by atoms with van der Waals surface area (Å²) < 4.78 is 0. The molecule has 2 unspecified atom stereocenters. The number of ketones is 1. The fourth-order valence-corrected chi connectivity index (χ4v) is 6.69. The molecular formula is C34H56N6O7. The minimum atomic E-state index is -1.11. The van der Waals surface area contributed by atoms with Crippen molar-refractivity contribution in [3.8, 4) is 0 Å². The summed E-state index contributed by atoms with van der Waals surface area (Å²) in [6.45, 7) is 15.3. The van der Waals surface area contributed by atoms with Crippen molar-refractivity contribution in [3.63, 3.8) is 0 Å². The molecule has 0 aromatic heterocycles. The highest BCUT2D eigenvalue weighted by Crippen LogP contribution is 2.35. The molecule has 1 aliphatic carbocycles. The monoisotopic (exact) mass is 660 g/mol. The summed E-state index contributed by atoms with van der Waals surface area (Å²) in [5, 5.41) is 8.52. The normalized spacial score (nSPS) is 22.7. The summed E-state index contributed by atoms with van der Waals surface area (Å²) >= 11 is 0. The van der Waals surface area contributed by atoms with Crippen LogP contribution in [0.1, 0.15) is 107 Å². The van der Waals surface area contributed by atoms with Gasteiger partial charge in [0, 0.05) is 25.9 Å². The van der Waals surface area contributed by atoms with Crippen LogP contribution in [0, 0.1) is 28.6 Å². The lowest BCUT2D eigenvalue weighted by molar-refractivity contribution is -0.148. The molecule has 2 saturated heterocycles. The summed E-state index contributed by atoms with van der Waals surface area (Å²) in [6, 6.07) is -4.26. The minimum absolute atomic E-state index is 0.0131. The summed E-state index contributed by atoms with van der Waals surface area (Å²) in [7, 11) is 0. The molecule has 47 heavy (non-hydrogen) atoms. The number of amides is 7. The summed E-state index contributed by atoms with van der Waals surface area (Å²) in [5.41, 5.74) is 4.03. The fourth-order valence-electron chi connectivity index (χ4n) is 6.69. The Morgan fingerprint density at radius 3 is 1.91 bits per heavy atom. The van der Waals surface area contributed by atoms with Gasteiger partial charge in [-0.15, -0.1) is 0 Å². The Kier molecular flexibility index (Phi) is 12.2. The molecule has 7 amide bonds. The molecule has 13 nitrogen and oxygen atoms in total. The molecular weight excluding hydrogens is 604 g/mol. The van der Waals surface area contributed by atoms with Gasteiger partial charge < -0.3 is 26.6 Å². The van der Waals surface area contributed by atoms with E-state index >= 15 is 0 Å². The first-order chi connectivity index (χ1) is 21.7. The number of piperidine rings is 1. The lowest BCUT2D eigenvalue weighted by atomic mass is 9.80. The van der Waals surface area contributed by atoms with Gasteiger partial charge in [0.2, 0.25) is 29.4 Å². The second-order valence-corrected chi connectivity index (χ2v) is 16.1. The van der Waals surface area contributed by atoms with Crippen LogP contribution >= 0.6 is 0 Å². The molecule has 0 aromatic carbocycles. The molecule has 0 bridgehead atoms. The number of imide groups is 1. The van der Waals surface area contributed by atoms with Gasteiger partial charge in [0.15, 0.2) is 0 Å². The van der Waals surface area contributed by atoms with E-state index in [1.54, 1.807) is 0 Å². The highest BCUT2D eigenvalue weighted by molar-refractivity contribution is 6.37. The summed E-state index contributed by atoms with van der Waals surface area (Å²) in [6.07, 6.45) is 4.75. The Hall–Kier alpha value is -3.51. The first-order valence-electron chi connectivity index (χ1n) is 17.1. The van der Waals surface area contributed by atoms with E-state index < -0.39 is 64.5 Å². The van der Waals surface area contributed by atoms with Gasteiger partial charge in [-0.05, 0) is 47.8 Å². The van der Waals surface area contributed by atoms with Crippen LogP contribution in [0.4, 0.5) is 4.79 Å². The second-order valence-electron chi connectivity index (χ2n) is 16.1. The largest absolute Gasteiger partial charge is 0.363 e. The maximum atomic E-state index is 14.3. The van der Waals surface area contributed by atoms with Crippen molar-refractivity contribution in [2.75, 3.05) is 13.1 Å². The van der Waals surface area contributed by atoms with E-state index in [4.69, 9.17) is 5.73 Å². The standard InChI is InChI=1S/C34H56N6O7/c1-19(2)21-15-16-39(26(21)30(45)36-22(27(43)29(35)44)17-20-11-9-12-20)31(46)28(34(6,7)8)38-32(47)37-23(33(3,4)5)18-40-24(41)13-10-14-25(40)42/h19-23,26,28H,9-18H2,1-8H3,(H2,35,44)(H,36,45)(H2,37,38,47)/t21?,22?,23-,26+,28-/m1/s1. The van der Waals surface area contributed by atoms with Gasteiger partial charge in [0.05, 0.1) is 12.1 Å². The van der Waals surface area contributed by atoms with Gasteiger partial charge >= 0.3 is 6.03 Å². The van der Waals surface area contributed by atoms with Crippen LogP contribution in [0.3, 0.4) is 0 Å². The molecule has 3 aliphatic rings. The van der Waals surface area contributed by atoms with Crippen LogP contribution in [0.5, 0.6) is 0 Å². The van der Waals surface area contributed by atoms with Crippen molar-refractivity contribution in [1.82, 2.24) is 25.8 Å². The maximum absolute atomic E-state index is 14.3. The summed E-state index contributed by atoms with van der Waals surface area (Å²) in [5.74, 6) is -3.45. The number of carbonyl (C=O) groups excluding carboxylic acids is 7. The Morgan fingerprint density at radius 2 is 1.45 bits per heavy atom. The lowest BCUT2D eigenvalue weighted by Crippen LogP contribution is -2.62. The zero-order chi connectivity index (χ0) is 35.4. The van der Waals surface area contributed by atoms with Gasteiger partial charge in [-0.3, -0.25) is 33.7 Å². The van der Waals surface area contributed by atoms with E-state index in [-0.39, 0.29) is 55.5 Å². The smallest absolute Gasteiger partial charge is 0.315 e. The first kappa shape index (κ1) is 37.9. The van der Waals surface area contributed by atoms with E-state index in [0.717, 1.165) is 19.3 Å². The number of primary amides is 1. The number of Topliss-reactive ketones (excluding diaryl/α,β-unsaturated/α-hetero) is 1. The highest BCUT2D eigenvalue weighted by atomic mass is 16.2. The number of carbonyl (C=O) groups is 7. The average molecular weight is 661 g/mol. The molecule has 13 heteroatoms. The van der Waals surface area contributed by atoms with Crippen LogP contribution in [0.2, 0.25) is 0 Å². The van der Waals surface area contributed by atoms with Crippen molar-refractivity contribution >= 4 is 41.4 Å². The van der Waals surface area contributed by atoms with Crippen molar-refractivity contribution in [3.05, 3.63) is 0 Å². The summed E-state index contributed by atoms with van der Waals surface area (Å²) in [4.78, 5) is 94.1. The van der Waals surface area contributed by atoms with Crippen molar-refractivity contribution in [1.29, 1.82) is 0 Å². The Balaban J connectivity index is 1.82. The number of likely N-dealkylation sites (tertiary alicyclic amines) is 2. The predicted molar refractivity (Wildman–Crippen MR) is 175 cm³/mol. The van der Waals surface area contributed by atoms with Gasteiger partial charge in [-0.25, -0.2) is 4.79 Å². The molecule has 2 aliphatic heterocycles. The van der Waals surface area contributed by atoms with Crippen LogP contribution in [-0.4, -0.2) is 88.4 Å². The Bertz CT molecular complexity index is 1220. The number of hydrogen-bond acceptors (Lipinski definition) is 7. The Labute approximate surface area is 278 Å². The van der Waals surface area contributed by atoms with Crippen molar-refractivity contribution in [2.24, 2.45) is 34.3 Å². The third-order valence-electron chi connectivity index (χ3n) is 10.0. The van der Waals surface area contributed by atoms with Gasteiger partial charge in [-0.2, -0.15) is 0 Å². The quantitative estimate of drug-likeness (QED) is 0.182. The number of hydrogen-bond donors (Lipinski definition) is 4. The number of urea groups is 1. The lowest BCUT2D eigenvalue weighted by Gasteiger charge is -2.39. The minimum Gasteiger partial charge on any atom is -0.363 e. The Morgan fingerprint density at radius 1 is 0.851 bits per heavy atom. The highest BCUT2D eigenvalue weighted by Gasteiger charge is 2.48. The van der Waals surface area contributed by atoms with Crippen molar-refractivity contribution < 1.29 is 33.6 Å². The SMILES string of the molecule is CC(C)C1CCN(C(=O)[C@@H](NC(=O)N[C@H](CN2C(=O)CCCC2=O)C(C)(C)C)C(C)(C)C)[C@@H]1C(=O)NC(CC1CCC1)C(=O)C(N)=O. The zero-order valence-corrected chi connectivity index (χ0v) is 29.4. The molecule has 1 saturated carbocycles.